The van der Waals surface area contributed by atoms with E-state index in [1.54, 1.807) is 12.7 Å². The third-order valence-electron chi connectivity index (χ3n) is 3.30. The van der Waals surface area contributed by atoms with Crippen molar-refractivity contribution in [2.24, 2.45) is 5.92 Å². The molecule has 0 saturated heterocycles. The normalized spacial score (nSPS) is 20.1. The standard InChI is InChI=1S/C15H20IO/c1-12-3-5-13(6-4-12)11-16-14-7-9-15(17-2)10-8-14/h7-12H,3-6H2,1-2H3/q+1. The molecule has 2 heteroatoms. The third kappa shape index (κ3) is 4.02. The smallest absolute Gasteiger partial charge is 0.349 e. The molecule has 1 aromatic carbocycles. The Morgan fingerprint density at radius 3 is 2.41 bits per heavy atom. The molecule has 0 spiro atoms. The SMILES string of the molecule is COc1ccc([I+]C=C2CCC(C)CC2)cc1. The molecule has 1 nitrogen and oxygen atoms in total. The van der Waals surface area contributed by atoms with Gasteiger partial charge in [-0.25, -0.2) is 0 Å². The summed E-state index contributed by atoms with van der Waals surface area (Å²) < 4.78 is 9.19. The van der Waals surface area contributed by atoms with E-state index < -0.39 is 0 Å². The summed E-state index contributed by atoms with van der Waals surface area (Å²) in [5.41, 5.74) is 1.70. The van der Waals surface area contributed by atoms with Crippen molar-refractivity contribution in [3.05, 3.63) is 37.5 Å². The Bertz CT molecular complexity index is 370. The minimum atomic E-state index is 0.0513. The Labute approximate surface area is 115 Å². The molecule has 1 saturated carbocycles. The average Bonchev–Trinajstić information content (AvgIpc) is 2.39. The summed E-state index contributed by atoms with van der Waals surface area (Å²) in [6.07, 6.45) is 5.43. The highest BCUT2D eigenvalue weighted by Gasteiger charge is 2.16. The molecule has 92 valence electrons. The Balaban J connectivity index is 1.90. The number of hydrogen-bond acceptors (Lipinski definition) is 1. The fraction of sp³-hybridized carbons (Fsp3) is 0.467. The lowest BCUT2D eigenvalue weighted by Gasteiger charge is -2.18. The second-order valence-electron chi connectivity index (χ2n) is 4.72. The Hall–Kier alpha value is -0.510. The molecule has 1 fully saturated rings. The van der Waals surface area contributed by atoms with Crippen LogP contribution in [0.3, 0.4) is 0 Å². The van der Waals surface area contributed by atoms with E-state index >= 15 is 0 Å². The number of allylic oxidation sites excluding steroid dienone is 1. The van der Waals surface area contributed by atoms with E-state index in [9.17, 15) is 0 Å². The molecular formula is C15H20IO+. The zero-order valence-electron chi connectivity index (χ0n) is 10.6. The molecule has 0 aliphatic heterocycles. The average molecular weight is 343 g/mol. The predicted molar refractivity (Wildman–Crippen MR) is 67.4 cm³/mol. The maximum atomic E-state index is 5.17. The van der Waals surface area contributed by atoms with Crippen molar-refractivity contribution in [3.63, 3.8) is 0 Å². The van der Waals surface area contributed by atoms with Gasteiger partial charge in [0.2, 0.25) is 0 Å². The fourth-order valence-corrected chi connectivity index (χ4v) is 4.22. The highest BCUT2D eigenvalue weighted by molar-refractivity contribution is 5.20. The van der Waals surface area contributed by atoms with Crippen molar-refractivity contribution in [1.82, 2.24) is 0 Å². The van der Waals surface area contributed by atoms with Gasteiger partial charge in [0.1, 0.15) is 5.75 Å². The molecule has 0 atom stereocenters. The van der Waals surface area contributed by atoms with E-state index in [4.69, 9.17) is 4.74 Å². The molecule has 1 aliphatic carbocycles. The van der Waals surface area contributed by atoms with Crippen molar-refractivity contribution in [2.75, 3.05) is 7.11 Å². The molecule has 1 aliphatic rings. The molecule has 0 unspecified atom stereocenters. The molecule has 0 bridgehead atoms. The van der Waals surface area contributed by atoms with Crippen LogP contribution in [0.4, 0.5) is 0 Å². The second-order valence-corrected chi connectivity index (χ2v) is 7.21. The van der Waals surface area contributed by atoms with Crippen molar-refractivity contribution in [3.8, 4) is 5.75 Å². The van der Waals surface area contributed by atoms with Crippen LogP contribution in [0.5, 0.6) is 5.75 Å². The minimum Gasteiger partial charge on any atom is -0.497 e. The summed E-state index contributed by atoms with van der Waals surface area (Å²) in [5.74, 6) is 1.89. The number of ether oxygens (including phenoxy) is 1. The first-order valence-electron chi connectivity index (χ1n) is 6.23. The van der Waals surface area contributed by atoms with Crippen LogP contribution >= 0.6 is 0 Å². The van der Waals surface area contributed by atoms with E-state index in [1.807, 2.05) is 0 Å². The van der Waals surface area contributed by atoms with Crippen LogP contribution in [0.1, 0.15) is 32.6 Å². The molecular weight excluding hydrogens is 323 g/mol. The maximum Gasteiger partial charge on any atom is 0.349 e. The van der Waals surface area contributed by atoms with Crippen molar-refractivity contribution < 1.29 is 25.9 Å². The van der Waals surface area contributed by atoms with Crippen LogP contribution in [0.2, 0.25) is 0 Å². The van der Waals surface area contributed by atoms with E-state index in [0.717, 1.165) is 11.7 Å². The van der Waals surface area contributed by atoms with Gasteiger partial charge in [-0.1, -0.05) is 6.92 Å². The first-order chi connectivity index (χ1) is 8.28. The molecule has 0 amide bonds. The van der Waals surface area contributed by atoms with Crippen LogP contribution in [0.25, 0.3) is 0 Å². The summed E-state index contributed by atoms with van der Waals surface area (Å²) in [4.78, 5) is 0. The lowest BCUT2D eigenvalue weighted by molar-refractivity contribution is -0.557. The van der Waals surface area contributed by atoms with Crippen molar-refractivity contribution in [1.29, 1.82) is 0 Å². The number of methoxy groups -OCH3 is 1. The lowest BCUT2D eigenvalue weighted by atomic mass is 9.88. The number of benzene rings is 1. The third-order valence-corrected chi connectivity index (χ3v) is 5.93. The number of rotatable bonds is 3. The zero-order chi connectivity index (χ0) is 12.1. The predicted octanol–water partition coefficient (Wildman–Crippen LogP) is 1.05. The van der Waals surface area contributed by atoms with E-state index in [0.29, 0.717) is 0 Å². The van der Waals surface area contributed by atoms with Crippen LogP contribution in [-0.2, 0) is 0 Å². The fourth-order valence-electron chi connectivity index (χ4n) is 2.03. The summed E-state index contributed by atoms with van der Waals surface area (Å²) in [6, 6.07) is 8.54. The van der Waals surface area contributed by atoms with Gasteiger partial charge < -0.3 is 4.74 Å². The van der Waals surface area contributed by atoms with Gasteiger partial charge in [-0.2, -0.15) is 0 Å². The lowest BCUT2D eigenvalue weighted by Crippen LogP contribution is -3.59. The van der Waals surface area contributed by atoms with Gasteiger partial charge in [0, 0.05) is 0 Å². The van der Waals surface area contributed by atoms with Gasteiger partial charge in [0.15, 0.2) is 7.65 Å². The summed E-state index contributed by atoms with van der Waals surface area (Å²) in [7, 11) is 1.72. The topological polar surface area (TPSA) is 9.23 Å². The van der Waals surface area contributed by atoms with Crippen molar-refractivity contribution in [2.45, 2.75) is 32.6 Å². The van der Waals surface area contributed by atoms with Gasteiger partial charge >= 0.3 is 21.2 Å². The monoisotopic (exact) mass is 343 g/mol. The largest absolute Gasteiger partial charge is 0.497 e. The summed E-state index contributed by atoms with van der Waals surface area (Å²) >= 11 is 0.0513. The summed E-state index contributed by atoms with van der Waals surface area (Å²) in [6.45, 7) is 2.37. The van der Waals surface area contributed by atoms with Gasteiger partial charge in [-0.3, -0.25) is 0 Å². The molecule has 1 aromatic rings. The van der Waals surface area contributed by atoms with E-state index in [-0.39, 0.29) is 21.2 Å². The van der Waals surface area contributed by atoms with Gasteiger partial charge in [-0.05, 0) is 61.4 Å². The first-order valence-corrected chi connectivity index (χ1v) is 8.55. The molecule has 2 rings (SSSR count). The molecule has 0 heterocycles. The van der Waals surface area contributed by atoms with Crippen molar-refractivity contribution >= 4 is 0 Å². The van der Waals surface area contributed by atoms with Crippen LogP contribution in [0.15, 0.2) is 33.9 Å². The van der Waals surface area contributed by atoms with Gasteiger partial charge in [0.05, 0.1) is 7.11 Å². The number of hydrogen-bond donors (Lipinski definition) is 0. The van der Waals surface area contributed by atoms with E-state index in [2.05, 4.69) is 35.3 Å². The Morgan fingerprint density at radius 2 is 1.82 bits per heavy atom. The highest BCUT2D eigenvalue weighted by atomic mass is 127. The van der Waals surface area contributed by atoms with Gasteiger partial charge in [-0.15, -0.1) is 0 Å². The molecule has 0 radical (unpaired) electrons. The van der Waals surface area contributed by atoms with Crippen LogP contribution < -0.4 is 25.9 Å². The highest BCUT2D eigenvalue weighted by Crippen LogP contribution is 2.26. The quantitative estimate of drug-likeness (QED) is 0.746. The van der Waals surface area contributed by atoms with Gasteiger partial charge in [0.25, 0.3) is 0 Å². The zero-order valence-corrected chi connectivity index (χ0v) is 12.7. The van der Waals surface area contributed by atoms with Crippen LogP contribution in [-0.4, -0.2) is 7.11 Å². The molecule has 0 N–H and O–H groups in total. The van der Waals surface area contributed by atoms with Crippen LogP contribution in [0, 0.1) is 9.49 Å². The Kier molecular flexibility index (Phi) is 4.89. The molecule has 0 aromatic heterocycles. The Morgan fingerprint density at radius 1 is 1.18 bits per heavy atom. The number of halogens is 1. The summed E-state index contributed by atoms with van der Waals surface area (Å²) in [5, 5.41) is 0. The first kappa shape index (κ1) is 12.9. The van der Waals surface area contributed by atoms with E-state index in [1.165, 1.54) is 29.3 Å². The second kappa shape index (κ2) is 6.43. The maximum absolute atomic E-state index is 5.17. The minimum absolute atomic E-state index is 0.0513. The molecule has 17 heavy (non-hydrogen) atoms.